The minimum absolute atomic E-state index is 0.0481. The topological polar surface area (TPSA) is 86.5 Å². The van der Waals surface area contributed by atoms with Crippen molar-refractivity contribution in [3.8, 4) is 23.0 Å². The molecule has 0 atom stereocenters. The third kappa shape index (κ3) is 4.50. The van der Waals surface area contributed by atoms with Crippen molar-refractivity contribution in [3.05, 3.63) is 95.1 Å². The smallest absolute Gasteiger partial charge is 0.270 e. The fourth-order valence-electron chi connectivity index (χ4n) is 4.18. The van der Waals surface area contributed by atoms with E-state index in [4.69, 9.17) is 13.9 Å². The highest BCUT2D eigenvalue weighted by atomic mass is 16.5. The molecule has 0 saturated carbocycles. The highest BCUT2D eigenvalue weighted by molar-refractivity contribution is 5.93. The van der Waals surface area contributed by atoms with Gasteiger partial charge in [-0.1, -0.05) is 30.3 Å². The molecule has 0 saturated heterocycles. The molecule has 2 aromatic carbocycles. The lowest BCUT2D eigenvalue weighted by molar-refractivity contribution is 0.0944. The second-order valence-electron chi connectivity index (χ2n) is 8.28. The van der Waals surface area contributed by atoms with E-state index in [0.29, 0.717) is 28.8 Å². The van der Waals surface area contributed by atoms with Crippen LogP contribution in [-0.2, 0) is 19.4 Å². The molecule has 0 fully saturated rings. The van der Waals surface area contributed by atoms with E-state index < -0.39 is 0 Å². The van der Waals surface area contributed by atoms with Crippen LogP contribution in [0.4, 0.5) is 0 Å². The standard InChI is InChI=1S/C27H25N3O4/c1-17-6-5-11-28-25(17)26(31)29-15-21-16-33-27(30-21)20-9-10-23(32-2)24(14-20)34-22-12-18-7-3-4-8-19(18)13-22/h3-11,14,16,22H,12-13,15H2,1-2H3,(H,29,31). The zero-order valence-corrected chi connectivity index (χ0v) is 19.1. The van der Waals surface area contributed by atoms with Gasteiger partial charge in [0.15, 0.2) is 11.5 Å². The van der Waals surface area contributed by atoms with E-state index in [9.17, 15) is 4.79 Å². The molecule has 0 bridgehead atoms. The van der Waals surface area contributed by atoms with Crippen LogP contribution < -0.4 is 14.8 Å². The maximum atomic E-state index is 12.4. The minimum atomic E-state index is -0.250. The van der Waals surface area contributed by atoms with Crippen molar-refractivity contribution in [2.75, 3.05) is 7.11 Å². The lowest BCUT2D eigenvalue weighted by Crippen LogP contribution is -2.24. The number of nitrogens with zero attached hydrogens (tertiary/aromatic N) is 2. The van der Waals surface area contributed by atoms with Crippen molar-refractivity contribution in [2.24, 2.45) is 0 Å². The summed E-state index contributed by atoms with van der Waals surface area (Å²) in [4.78, 5) is 21.1. The van der Waals surface area contributed by atoms with Gasteiger partial charge in [0.05, 0.1) is 19.3 Å². The molecule has 2 aromatic heterocycles. The highest BCUT2D eigenvalue weighted by Crippen LogP contribution is 2.35. The Labute approximate surface area is 197 Å². The third-order valence-electron chi connectivity index (χ3n) is 5.92. The third-order valence-corrected chi connectivity index (χ3v) is 5.92. The van der Waals surface area contributed by atoms with Crippen LogP contribution in [0.25, 0.3) is 11.5 Å². The SMILES string of the molecule is COc1ccc(-c2nc(CNC(=O)c3ncccc3C)co2)cc1OC1Cc2ccccc2C1. The Bertz CT molecular complexity index is 1310. The molecule has 7 nitrogen and oxygen atoms in total. The van der Waals surface area contributed by atoms with Crippen LogP contribution in [-0.4, -0.2) is 29.1 Å². The Morgan fingerprint density at radius 1 is 1.09 bits per heavy atom. The number of carbonyl (C=O) groups is 1. The van der Waals surface area contributed by atoms with Crippen LogP contribution in [0.1, 0.15) is 32.9 Å². The molecular formula is C27H25N3O4. The number of hydrogen-bond acceptors (Lipinski definition) is 6. The molecular weight excluding hydrogens is 430 g/mol. The fourth-order valence-corrected chi connectivity index (χ4v) is 4.18. The van der Waals surface area contributed by atoms with E-state index in [1.165, 1.54) is 11.1 Å². The maximum absolute atomic E-state index is 12.4. The summed E-state index contributed by atoms with van der Waals surface area (Å²) >= 11 is 0. The lowest BCUT2D eigenvalue weighted by Gasteiger charge is -2.16. The van der Waals surface area contributed by atoms with Crippen molar-refractivity contribution >= 4 is 5.91 Å². The summed E-state index contributed by atoms with van der Waals surface area (Å²) in [6.07, 6.45) is 4.92. The normalized spacial score (nSPS) is 12.9. The molecule has 1 amide bonds. The monoisotopic (exact) mass is 455 g/mol. The molecule has 1 aliphatic carbocycles. The molecule has 4 aromatic rings. The number of amides is 1. The van der Waals surface area contributed by atoms with E-state index in [1.54, 1.807) is 25.6 Å². The molecule has 0 unspecified atom stereocenters. The number of pyridine rings is 1. The van der Waals surface area contributed by atoms with Crippen LogP contribution in [0.15, 0.2) is 71.5 Å². The number of hydrogen-bond donors (Lipinski definition) is 1. The van der Waals surface area contributed by atoms with Crippen molar-refractivity contribution in [1.29, 1.82) is 0 Å². The first-order valence-corrected chi connectivity index (χ1v) is 11.2. The van der Waals surface area contributed by atoms with E-state index >= 15 is 0 Å². The van der Waals surface area contributed by atoms with Gasteiger partial charge in [-0.3, -0.25) is 9.78 Å². The predicted molar refractivity (Wildman–Crippen MR) is 127 cm³/mol. The zero-order chi connectivity index (χ0) is 23.5. The van der Waals surface area contributed by atoms with Gasteiger partial charge in [-0.05, 0) is 47.9 Å². The molecule has 7 heteroatoms. The summed E-state index contributed by atoms with van der Waals surface area (Å²) in [6, 6.07) is 17.7. The number of fused-ring (bicyclic) bond motifs is 1. The van der Waals surface area contributed by atoms with Gasteiger partial charge in [0.25, 0.3) is 5.91 Å². The second-order valence-corrected chi connectivity index (χ2v) is 8.28. The van der Waals surface area contributed by atoms with Gasteiger partial charge < -0.3 is 19.2 Å². The van der Waals surface area contributed by atoms with Crippen LogP contribution in [0.5, 0.6) is 11.5 Å². The average Bonchev–Trinajstić information content (AvgIpc) is 3.49. The Kier molecular flexibility index (Phi) is 5.99. The van der Waals surface area contributed by atoms with Crippen molar-refractivity contribution < 1.29 is 18.7 Å². The Morgan fingerprint density at radius 3 is 2.62 bits per heavy atom. The van der Waals surface area contributed by atoms with Gasteiger partial charge >= 0.3 is 0 Å². The van der Waals surface area contributed by atoms with Gasteiger partial charge in [-0.2, -0.15) is 0 Å². The molecule has 34 heavy (non-hydrogen) atoms. The largest absolute Gasteiger partial charge is 0.493 e. The summed E-state index contributed by atoms with van der Waals surface area (Å²) in [5.41, 5.74) is 5.24. The summed E-state index contributed by atoms with van der Waals surface area (Å²) in [5, 5.41) is 2.84. The zero-order valence-electron chi connectivity index (χ0n) is 19.1. The van der Waals surface area contributed by atoms with Crippen LogP contribution in [0, 0.1) is 6.92 Å². The van der Waals surface area contributed by atoms with Gasteiger partial charge in [-0.25, -0.2) is 4.98 Å². The number of methoxy groups -OCH3 is 1. The summed E-state index contributed by atoms with van der Waals surface area (Å²) in [7, 11) is 1.63. The molecule has 1 N–H and O–H groups in total. The number of ether oxygens (including phenoxy) is 2. The number of aryl methyl sites for hydroxylation is 1. The number of nitrogens with one attached hydrogen (secondary N) is 1. The van der Waals surface area contributed by atoms with Gasteiger partial charge in [0, 0.05) is 24.6 Å². The van der Waals surface area contributed by atoms with Crippen LogP contribution >= 0.6 is 0 Å². The number of oxazole rings is 1. The number of benzene rings is 2. The summed E-state index contributed by atoms with van der Waals surface area (Å²) in [5.74, 6) is 1.50. The summed E-state index contributed by atoms with van der Waals surface area (Å²) < 4.78 is 17.5. The first kappa shape index (κ1) is 21.7. The predicted octanol–water partition coefficient (Wildman–Crippen LogP) is 4.53. The van der Waals surface area contributed by atoms with Gasteiger partial charge in [-0.15, -0.1) is 0 Å². The minimum Gasteiger partial charge on any atom is -0.493 e. The number of aromatic nitrogens is 2. The van der Waals surface area contributed by atoms with Crippen molar-refractivity contribution in [2.45, 2.75) is 32.4 Å². The molecule has 2 heterocycles. The fraction of sp³-hybridized carbons (Fsp3) is 0.222. The molecule has 5 rings (SSSR count). The van der Waals surface area contributed by atoms with Gasteiger partial charge in [0.2, 0.25) is 5.89 Å². The quantitative estimate of drug-likeness (QED) is 0.441. The van der Waals surface area contributed by atoms with E-state index in [2.05, 4.69) is 39.6 Å². The highest BCUT2D eigenvalue weighted by Gasteiger charge is 2.24. The van der Waals surface area contributed by atoms with Crippen molar-refractivity contribution in [3.63, 3.8) is 0 Å². The van der Waals surface area contributed by atoms with Crippen molar-refractivity contribution in [1.82, 2.24) is 15.3 Å². The molecule has 172 valence electrons. The molecule has 0 radical (unpaired) electrons. The number of rotatable bonds is 7. The Hall–Kier alpha value is -4.13. The number of carbonyl (C=O) groups excluding carboxylic acids is 1. The van der Waals surface area contributed by atoms with Crippen LogP contribution in [0.3, 0.4) is 0 Å². The van der Waals surface area contributed by atoms with E-state index in [0.717, 1.165) is 24.0 Å². The molecule has 1 aliphatic rings. The van der Waals surface area contributed by atoms with Gasteiger partial charge in [0.1, 0.15) is 18.1 Å². The Balaban J connectivity index is 1.28. The first-order valence-electron chi connectivity index (χ1n) is 11.2. The molecule has 0 spiro atoms. The van der Waals surface area contributed by atoms with E-state index in [1.807, 2.05) is 31.2 Å². The second kappa shape index (κ2) is 9.39. The first-order chi connectivity index (χ1) is 16.6. The lowest BCUT2D eigenvalue weighted by atomic mass is 10.1. The van der Waals surface area contributed by atoms with E-state index in [-0.39, 0.29) is 18.6 Å². The molecule has 0 aliphatic heterocycles. The maximum Gasteiger partial charge on any atom is 0.270 e. The summed E-state index contributed by atoms with van der Waals surface area (Å²) in [6.45, 7) is 2.09. The average molecular weight is 456 g/mol. The van der Waals surface area contributed by atoms with Crippen LogP contribution in [0.2, 0.25) is 0 Å². The Morgan fingerprint density at radius 2 is 1.88 bits per heavy atom.